The fourth-order valence-corrected chi connectivity index (χ4v) is 3.94. The van der Waals surface area contributed by atoms with E-state index < -0.39 is 23.2 Å². The van der Waals surface area contributed by atoms with Gasteiger partial charge in [-0.3, -0.25) is 14.4 Å². The highest BCUT2D eigenvalue weighted by atomic mass is 35.5. The van der Waals surface area contributed by atoms with Crippen LogP contribution in [0.1, 0.15) is 18.9 Å². The second-order valence-electron chi connectivity index (χ2n) is 6.24. The Morgan fingerprint density at radius 2 is 1.93 bits per heavy atom. The number of carbonyl (C=O) groups excluding carboxylic acids is 3. The number of amides is 2. The zero-order valence-corrected chi connectivity index (χ0v) is 16.7. The van der Waals surface area contributed by atoms with Gasteiger partial charge in [0.25, 0.3) is 5.91 Å². The minimum Gasteiger partial charge on any atom is -0.453 e. The summed E-state index contributed by atoms with van der Waals surface area (Å²) in [7, 11) is 0. The molecule has 0 saturated heterocycles. The van der Waals surface area contributed by atoms with Crippen LogP contribution in [0.2, 0.25) is 5.02 Å². The van der Waals surface area contributed by atoms with Crippen molar-refractivity contribution in [1.82, 2.24) is 5.32 Å². The number of esters is 1. The SMILES string of the molecule is C[C@H](OC(=O)C[C@H]1Sc2ccccc2NC1=O)C(=O)NCc1ccccc1Cl. The average Bonchev–Trinajstić information content (AvgIpc) is 2.67. The fourth-order valence-electron chi connectivity index (χ4n) is 2.65. The van der Waals surface area contributed by atoms with Gasteiger partial charge in [0.15, 0.2) is 6.10 Å². The highest BCUT2D eigenvalue weighted by Crippen LogP contribution is 2.36. The Morgan fingerprint density at radius 1 is 1.21 bits per heavy atom. The molecule has 0 aromatic heterocycles. The molecular formula is C20H19ClN2O4S. The van der Waals surface area contributed by atoms with Crippen LogP contribution in [0.5, 0.6) is 0 Å². The molecular weight excluding hydrogens is 400 g/mol. The molecule has 1 heterocycles. The normalized spacial score (nSPS) is 16.5. The number of ether oxygens (including phenoxy) is 1. The molecule has 28 heavy (non-hydrogen) atoms. The molecule has 1 aliphatic heterocycles. The summed E-state index contributed by atoms with van der Waals surface area (Å²) >= 11 is 7.36. The van der Waals surface area contributed by atoms with Gasteiger partial charge in [-0.05, 0) is 30.7 Å². The number of fused-ring (bicyclic) bond motifs is 1. The number of para-hydroxylation sites is 1. The van der Waals surface area contributed by atoms with Crippen molar-refractivity contribution >= 4 is 46.8 Å². The summed E-state index contributed by atoms with van der Waals surface area (Å²) in [6, 6.07) is 14.5. The van der Waals surface area contributed by atoms with Gasteiger partial charge < -0.3 is 15.4 Å². The first-order valence-corrected chi connectivity index (χ1v) is 9.97. The van der Waals surface area contributed by atoms with Crippen LogP contribution in [0.3, 0.4) is 0 Å². The Labute approximate surface area is 172 Å². The summed E-state index contributed by atoms with van der Waals surface area (Å²) in [5.74, 6) is -1.29. The number of benzene rings is 2. The number of thioether (sulfide) groups is 1. The van der Waals surface area contributed by atoms with Crippen molar-refractivity contribution in [2.24, 2.45) is 0 Å². The topological polar surface area (TPSA) is 84.5 Å². The minimum absolute atomic E-state index is 0.118. The molecule has 2 atom stereocenters. The van der Waals surface area contributed by atoms with E-state index in [4.69, 9.17) is 16.3 Å². The lowest BCUT2D eigenvalue weighted by molar-refractivity contribution is -0.155. The van der Waals surface area contributed by atoms with E-state index in [1.165, 1.54) is 18.7 Å². The summed E-state index contributed by atoms with van der Waals surface area (Å²) in [6.45, 7) is 1.72. The Morgan fingerprint density at radius 3 is 2.71 bits per heavy atom. The smallest absolute Gasteiger partial charge is 0.308 e. The van der Waals surface area contributed by atoms with Crippen molar-refractivity contribution < 1.29 is 19.1 Å². The third-order valence-electron chi connectivity index (χ3n) is 4.15. The lowest BCUT2D eigenvalue weighted by Crippen LogP contribution is -2.37. The number of hydrogen-bond donors (Lipinski definition) is 2. The van der Waals surface area contributed by atoms with Crippen molar-refractivity contribution in [3.63, 3.8) is 0 Å². The highest BCUT2D eigenvalue weighted by Gasteiger charge is 2.30. The van der Waals surface area contributed by atoms with Crippen molar-refractivity contribution in [3.05, 3.63) is 59.1 Å². The van der Waals surface area contributed by atoms with Crippen molar-refractivity contribution in [3.8, 4) is 0 Å². The molecule has 0 radical (unpaired) electrons. The standard InChI is InChI=1S/C20H19ClN2O4S/c1-12(19(25)22-11-13-6-2-3-7-14(13)21)27-18(24)10-17-20(26)23-15-8-4-5-9-16(15)28-17/h2-9,12,17H,10-11H2,1H3,(H,22,25)(H,23,26)/t12-,17+/m0/s1. The lowest BCUT2D eigenvalue weighted by Gasteiger charge is -2.23. The molecule has 0 saturated carbocycles. The monoisotopic (exact) mass is 418 g/mol. The molecule has 0 aliphatic carbocycles. The van der Waals surface area contributed by atoms with E-state index in [-0.39, 0.29) is 18.9 Å². The van der Waals surface area contributed by atoms with Gasteiger partial charge in [0.2, 0.25) is 5.91 Å². The fraction of sp³-hybridized carbons (Fsp3) is 0.250. The summed E-state index contributed by atoms with van der Waals surface area (Å²) in [4.78, 5) is 37.4. The van der Waals surface area contributed by atoms with Gasteiger partial charge in [-0.1, -0.05) is 41.9 Å². The zero-order valence-electron chi connectivity index (χ0n) is 15.1. The van der Waals surface area contributed by atoms with Crippen LogP contribution < -0.4 is 10.6 Å². The van der Waals surface area contributed by atoms with Crippen LogP contribution in [0.25, 0.3) is 0 Å². The largest absolute Gasteiger partial charge is 0.453 e. The third-order valence-corrected chi connectivity index (χ3v) is 5.79. The maximum Gasteiger partial charge on any atom is 0.308 e. The number of hydrogen-bond acceptors (Lipinski definition) is 5. The summed E-state index contributed by atoms with van der Waals surface area (Å²) in [5.41, 5.74) is 1.50. The summed E-state index contributed by atoms with van der Waals surface area (Å²) in [6.07, 6.45) is -1.09. The van der Waals surface area contributed by atoms with E-state index in [0.717, 1.165) is 16.1 Å². The zero-order chi connectivity index (χ0) is 20.1. The molecule has 146 valence electrons. The molecule has 2 aromatic carbocycles. The predicted molar refractivity (Wildman–Crippen MR) is 108 cm³/mol. The van der Waals surface area contributed by atoms with Gasteiger partial charge in [-0.25, -0.2) is 0 Å². The van der Waals surface area contributed by atoms with Crippen molar-refractivity contribution in [2.45, 2.75) is 36.1 Å². The molecule has 3 rings (SSSR count). The Bertz CT molecular complexity index is 905. The van der Waals surface area contributed by atoms with E-state index in [1.54, 1.807) is 24.3 Å². The first-order chi connectivity index (χ1) is 13.4. The summed E-state index contributed by atoms with van der Waals surface area (Å²) < 4.78 is 5.19. The van der Waals surface area contributed by atoms with Gasteiger partial charge in [0.05, 0.1) is 17.4 Å². The molecule has 0 unspecified atom stereocenters. The molecule has 0 fully saturated rings. The molecule has 2 N–H and O–H groups in total. The van der Waals surface area contributed by atoms with Gasteiger partial charge in [0.1, 0.15) is 0 Å². The first-order valence-electron chi connectivity index (χ1n) is 8.71. The van der Waals surface area contributed by atoms with Crippen LogP contribution >= 0.6 is 23.4 Å². The van der Waals surface area contributed by atoms with Gasteiger partial charge in [-0.15, -0.1) is 11.8 Å². The Balaban J connectivity index is 1.49. The van der Waals surface area contributed by atoms with Gasteiger partial charge in [0, 0.05) is 16.5 Å². The second-order valence-corrected chi connectivity index (χ2v) is 7.89. The van der Waals surface area contributed by atoms with E-state index in [0.29, 0.717) is 5.02 Å². The molecule has 0 spiro atoms. The molecule has 2 amide bonds. The molecule has 1 aliphatic rings. The maximum absolute atomic E-state index is 12.2. The predicted octanol–water partition coefficient (Wildman–Crippen LogP) is 3.39. The van der Waals surface area contributed by atoms with Crippen LogP contribution in [0.4, 0.5) is 5.69 Å². The van der Waals surface area contributed by atoms with Crippen LogP contribution in [-0.4, -0.2) is 29.1 Å². The second kappa shape index (κ2) is 9.12. The summed E-state index contributed by atoms with van der Waals surface area (Å²) in [5, 5.41) is 5.41. The molecule has 6 nitrogen and oxygen atoms in total. The molecule has 8 heteroatoms. The van der Waals surface area contributed by atoms with E-state index in [1.807, 2.05) is 24.3 Å². The van der Waals surface area contributed by atoms with Crippen molar-refractivity contribution in [2.75, 3.05) is 5.32 Å². The number of nitrogens with one attached hydrogen (secondary N) is 2. The minimum atomic E-state index is -0.973. The van der Waals surface area contributed by atoms with E-state index in [9.17, 15) is 14.4 Å². The molecule has 0 bridgehead atoms. The van der Waals surface area contributed by atoms with Gasteiger partial charge >= 0.3 is 5.97 Å². The molecule has 2 aromatic rings. The lowest BCUT2D eigenvalue weighted by atomic mass is 10.2. The van der Waals surface area contributed by atoms with E-state index in [2.05, 4.69) is 10.6 Å². The maximum atomic E-state index is 12.2. The van der Waals surface area contributed by atoms with E-state index >= 15 is 0 Å². The highest BCUT2D eigenvalue weighted by molar-refractivity contribution is 8.01. The average molecular weight is 419 g/mol. The van der Waals surface area contributed by atoms with Crippen LogP contribution in [-0.2, 0) is 25.7 Å². The number of halogens is 1. The number of carbonyl (C=O) groups is 3. The van der Waals surface area contributed by atoms with Crippen molar-refractivity contribution in [1.29, 1.82) is 0 Å². The Hall–Kier alpha value is -2.51. The number of rotatable bonds is 6. The third kappa shape index (κ3) is 5.05. The first kappa shape index (κ1) is 20.2. The Kier molecular flexibility index (Phi) is 6.59. The van der Waals surface area contributed by atoms with Crippen LogP contribution in [0.15, 0.2) is 53.4 Å². The quantitative estimate of drug-likeness (QED) is 0.702. The van der Waals surface area contributed by atoms with Gasteiger partial charge in [-0.2, -0.15) is 0 Å². The van der Waals surface area contributed by atoms with Crippen LogP contribution in [0, 0.1) is 0 Å². The number of anilines is 1.